The first-order chi connectivity index (χ1) is 7.27. The molecule has 2 rings (SSSR count). The molecular weight excluding hydrogens is 254 g/mol. The zero-order valence-corrected chi connectivity index (χ0v) is 10.8. The average molecular weight is 272 g/mol. The number of aromatic nitrogens is 2. The molecule has 4 heteroatoms. The highest BCUT2D eigenvalue weighted by Gasteiger charge is 2.13. The minimum absolute atomic E-state index is 0.840. The summed E-state index contributed by atoms with van der Waals surface area (Å²) < 4.78 is 3.35. The number of imidazole rings is 1. The first kappa shape index (κ1) is 11.1. The fourth-order valence-electron chi connectivity index (χ4n) is 2.19. The van der Waals surface area contributed by atoms with Gasteiger partial charge in [0.25, 0.3) is 0 Å². The molecule has 1 saturated heterocycles. The minimum Gasteiger partial charge on any atom is -0.323 e. The molecule has 15 heavy (non-hydrogen) atoms. The molecule has 1 aromatic heterocycles. The van der Waals surface area contributed by atoms with Gasteiger partial charge in [-0.25, -0.2) is 4.98 Å². The van der Waals surface area contributed by atoms with E-state index in [1.807, 2.05) is 6.20 Å². The van der Waals surface area contributed by atoms with Gasteiger partial charge in [-0.15, -0.1) is 0 Å². The summed E-state index contributed by atoms with van der Waals surface area (Å²) in [4.78, 5) is 4.28. The molecule has 1 aliphatic rings. The maximum Gasteiger partial charge on any atom is 0.106 e. The van der Waals surface area contributed by atoms with Crippen molar-refractivity contribution in [3.05, 3.63) is 16.6 Å². The molecule has 1 atom stereocenters. The summed E-state index contributed by atoms with van der Waals surface area (Å²) in [7, 11) is 0. The number of halogens is 1. The van der Waals surface area contributed by atoms with E-state index in [2.05, 4.69) is 37.7 Å². The number of hydrogen-bond donors (Lipinski definition) is 1. The Kier molecular flexibility index (Phi) is 3.81. The van der Waals surface area contributed by atoms with Gasteiger partial charge >= 0.3 is 0 Å². The summed E-state index contributed by atoms with van der Waals surface area (Å²) in [5.74, 6) is 1.94. The normalized spacial score (nSPS) is 21.9. The van der Waals surface area contributed by atoms with E-state index < -0.39 is 0 Å². The minimum atomic E-state index is 0.840. The van der Waals surface area contributed by atoms with E-state index in [0.717, 1.165) is 22.9 Å². The van der Waals surface area contributed by atoms with Crippen molar-refractivity contribution in [3.8, 4) is 0 Å². The third-order valence-corrected chi connectivity index (χ3v) is 3.80. The average Bonchev–Trinajstić information content (AvgIpc) is 2.58. The number of aryl methyl sites for hydroxylation is 1. The van der Waals surface area contributed by atoms with Crippen LogP contribution in [0.15, 0.2) is 10.8 Å². The van der Waals surface area contributed by atoms with Crippen molar-refractivity contribution >= 4 is 15.9 Å². The summed E-state index contributed by atoms with van der Waals surface area (Å²) in [6.45, 7) is 5.53. The Morgan fingerprint density at radius 3 is 3.13 bits per heavy atom. The van der Waals surface area contributed by atoms with Crippen LogP contribution in [0.4, 0.5) is 0 Å². The topological polar surface area (TPSA) is 29.9 Å². The molecule has 0 aromatic carbocycles. The third-order valence-electron chi connectivity index (χ3n) is 3.17. The van der Waals surface area contributed by atoms with Crippen molar-refractivity contribution < 1.29 is 0 Å². The molecule has 1 aromatic rings. The lowest BCUT2D eigenvalue weighted by Crippen LogP contribution is -2.30. The van der Waals surface area contributed by atoms with Gasteiger partial charge in [0, 0.05) is 6.54 Å². The Morgan fingerprint density at radius 2 is 2.53 bits per heavy atom. The number of hydrogen-bond acceptors (Lipinski definition) is 2. The number of nitrogens with zero attached hydrogens (tertiary/aromatic N) is 2. The second-order valence-corrected chi connectivity index (χ2v) is 5.09. The molecule has 0 aliphatic carbocycles. The van der Waals surface area contributed by atoms with Gasteiger partial charge in [0.15, 0.2) is 0 Å². The Hall–Kier alpha value is -0.350. The van der Waals surface area contributed by atoms with Crippen LogP contribution in [0.25, 0.3) is 0 Å². The van der Waals surface area contributed by atoms with Crippen LogP contribution in [0.5, 0.6) is 0 Å². The van der Waals surface area contributed by atoms with Crippen molar-refractivity contribution in [1.82, 2.24) is 14.9 Å². The van der Waals surface area contributed by atoms with Crippen molar-refractivity contribution in [2.24, 2.45) is 5.92 Å². The molecule has 1 unspecified atom stereocenters. The maximum absolute atomic E-state index is 4.28. The summed E-state index contributed by atoms with van der Waals surface area (Å²) in [6, 6.07) is 0. The molecule has 84 valence electrons. The highest BCUT2D eigenvalue weighted by molar-refractivity contribution is 9.10. The molecule has 0 radical (unpaired) electrons. The fourth-order valence-corrected chi connectivity index (χ4v) is 2.73. The van der Waals surface area contributed by atoms with Crippen LogP contribution >= 0.6 is 15.9 Å². The van der Waals surface area contributed by atoms with Gasteiger partial charge in [-0.1, -0.05) is 0 Å². The van der Waals surface area contributed by atoms with Crippen LogP contribution in [0.1, 0.15) is 25.1 Å². The van der Waals surface area contributed by atoms with E-state index in [9.17, 15) is 0 Å². The molecular formula is C11H18BrN3. The number of nitrogens with one attached hydrogen (secondary N) is 1. The lowest BCUT2D eigenvalue weighted by Gasteiger charge is -2.23. The maximum atomic E-state index is 4.28. The predicted octanol–water partition coefficient (Wildman–Crippen LogP) is 2.34. The molecule has 2 heterocycles. The molecule has 1 aliphatic heterocycles. The second kappa shape index (κ2) is 5.12. The Balaban J connectivity index is 1.87. The van der Waals surface area contributed by atoms with E-state index in [0.29, 0.717) is 0 Å². The largest absolute Gasteiger partial charge is 0.323 e. The summed E-state index contributed by atoms with van der Waals surface area (Å²) >= 11 is 3.53. The first-order valence-electron chi connectivity index (χ1n) is 5.65. The van der Waals surface area contributed by atoms with Crippen LogP contribution in [0.3, 0.4) is 0 Å². The standard InChI is InChI=1S/C11H18BrN3/c1-9-14-8-11(12)15(9)6-4-10-3-2-5-13-7-10/h8,10,13H,2-7H2,1H3. The van der Waals surface area contributed by atoms with Crippen LogP contribution in [-0.2, 0) is 6.54 Å². The number of piperidine rings is 1. The quantitative estimate of drug-likeness (QED) is 0.915. The van der Waals surface area contributed by atoms with Gasteiger partial charge in [-0.2, -0.15) is 0 Å². The molecule has 0 bridgehead atoms. The van der Waals surface area contributed by atoms with Crippen molar-refractivity contribution in [2.75, 3.05) is 13.1 Å². The van der Waals surface area contributed by atoms with Gasteiger partial charge < -0.3 is 9.88 Å². The zero-order chi connectivity index (χ0) is 10.7. The molecule has 3 nitrogen and oxygen atoms in total. The molecule has 0 amide bonds. The van der Waals surface area contributed by atoms with E-state index in [1.54, 1.807) is 0 Å². The van der Waals surface area contributed by atoms with Gasteiger partial charge in [-0.3, -0.25) is 0 Å². The fraction of sp³-hybridized carbons (Fsp3) is 0.727. The summed E-state index contributed by atoms with van der Waals surface area (Å²) in [6.07, 6.45) is 5.84. The van der Waals surface area contributed by atoms with Crippen LogP contribution < -0.4 is 5.32 Å². The second-order valence-electron chi connectivity index (χ2n) is 4.28. The number of rotatable bonds is 3. The highest BCUT2D eigenvalue weighted by atomic mass is 79.9. The third kappa shape index (κ3) is 2.82. The van der Waals surface area contributed by atoms with Crippen molar-refractivity contribution in [3.63, 3.8) is 0 Å². The van der Waals surface area contributed by atoms with E-state index in [1.165, 1.54) is 32.4 Å². The Morgan fingerprint density at radius 1 is 1.67 bits per heavy atom. The highest BCUT2D eigenvalue weighted by Crippen LogP contribution is 2.18. The SMILES string of the molecule is Cc1ncc(Br)n1CCC1CCCNC1. The lowest BCUT2D eigenvalue weighted by atomic mass is 9.96. The van der Waals surface area contributed by atoms with Gasteiger partial charge in [0.1, 0.15) is 10.4 Å². The lowest BCUT2D eigenvalue weighted by molar-refractivity contribution is 0.340. The summed E-state index contributed by atoms with van der Waals surface area (Å²) in [5.41, 5.74) is 0. The van der Waals surface area contributed by atoms with E-state index in [4.69, 9.17) is 0 Å². The predicted molar refractivity (Wildman–Crippen MR) is 64.9 cm³/mol. The van der Waals surface area contributed by atoms with Crippen LogP contribution in [0.2, 0.25) is 0 Å². The monoisotopic (exact) mass is 271 g/mol. The van der Waals surface area contributed by atoms with Crippen LogP contribution in [0, 0.1) is 12.8 Å². The van der Waals surface area contributed by atoms with Crippen molar-refractivity contribution in [1.29, 1.82) is 0 Å². The van der Waals surface area contributed by atoms with Crippen LogP contribution in [-0.4, -0.2) is 22.6 Å². The Labute approximate surface area is 99.4 Å². The summed E-state index contributed by atoms with van der Waals surface area (Å²) in [5, 5.41) is 3.46. The molecule has 0 spiro atoms. The smallest absolute Gasteiger partial charge is 0.106 e. The van der Waals surface area contributed by atoms with Crippen molar-refractivity contribution in [2.45, 2.75) is 32.7 Å². The van der Waals surface area contributed by atoms with Gasteiger partial charge in [0.2, 0.25) is 0 Å². The van der Waals surface area contributed by atoms with Gasteiger partial charge in [-0.05, 0) is 61.1 Å². The zero-order valence-electron chi connectivity index (χ0n) is 9.17. The molecule has 1 fully saturated rings. The Bertz CT molecular complexity index is 296. The van der Waals surface area contributed by atoms with E-state index >= 15 is 0 Å². The molecule has 1 N–H and O–H groups in total. The van der Waals surface area contributed by atoms with Gasteiger partial charge in [0.05, 0.1) is 6.20 Å². The molecule has 0 saturated carbocycles. The van der Waals surface area contributed by atoms with E-state index in [-0.39, 0.29) is 0 Å². The first-order valence-corrected chi connectivity index (χ1v) is 6.45.